The lowest BCUT2D eigenvalue weighted by molar-refractivity contribution is -0.130. The number of nitrogens with one attached hydrogen (secondary N) is 1. The van der Waals surface area contributed by atoms with E-state index in [4.69, 9.17) is 4.74 Å². The summed E-state index contributed by atoms with van der Waals surface area (Å²) in [5, 5.41) is 14.0. The first-order valence-electron chi connectivity index (χ1n) is 8.15. The van der Waals surface area contributed by atoms with Crippen molar-refractivity contribution in [2.75, 3.05) is 5.32 Å². The average molecular weight is 352 g/mol. The van der Waals surface area contributed by atoms with E-state index in [-0.39, 0.29) is 11.5 Å². The lowest BCUT2D eigenvalue weighted by atomic mass is 9.87. The van der Waals surface area contributed by atoms with Crippen LogP contribution in [-0.2, 0) is 9.53 Å². The van der Waals surface area contributed by atoms with Crippen molar-refractivity contribution in [3.63, 3.8) is 0 Å². The third-order valence-electron chi connectivity index (χ3n) is 3.67. The van der Waals surface area contributed by atoms with Crippen molar-refractivity contribution in [3.05, 3.63) is 17.2 Å². The summed E-state index contributed by atoms with van der Waals surface area (Å²) in [7, 11) is 0. The van der Waals surface area contributed by atoms with Crippen LogP contribution in [0, 0.1) is 5.92 Å². The first-order valence-corrected chi connectivity index (χ1v) is 9.03. The van der Waals surface area contributed by atoms with Crippen molar-refractivity contribution in [1.82, 2.24) is 4.98 Å². The number of anilines is 1. The number of ether oxygens (including phenoxy) is 1. The molecule has 1 aromatic rings. The zero-order valence-electron chi connectivity index (χ0n) is 14.3. The van der Waals surface area contributed by atoms with Gasteiger partial charge in [-0.3, -0.25) is 5.32 Å². The molecular weight excluding hydrogens is 328 g/mol. The summed E-state index contributed by atoms with van der Waals surface area (Å²) < 4.78 is 5.17. The summed E-state index contributed by atoms with van der Waals surface area (Å²) in [6.07, 6.45) is 6.74. The fourth-order valence-electron chi connectivity index (χ4n) is 2.65. The third kappa shape index (κ3) is 5.63. The van der Waals surface area contributed by atoms with Crippen LogP contribution in [0.25, 0.3) is 5.57 Å². The molecule has 2 rings (SSSR count). The summed E-state index contributed by atoms with van der Waals surface area (Å²) in [6, 6.07) is 0. The smallest absolute Gasteiger partial charge is 0.413 e. The van der Waals surface area contributed by atoms with Crippen LogP contribution in [0.4, 0.5) is 9.93 Å². The van der Waals surface area contributed by atoms with Gasteiger partial charge >= 0.3 is 12.1 Å². The Morgan fingerprint density at radius 3 is 2.58 bits per heavy atom. The predicted octanol–water partition coefficient (Wildman–Crippen LogP) is 4.54. The van der Waals surface area contributed by atoms with E-state index in [1.54, 1.807) is 26.2 Å². The van der Waals surface area contributed by atoms with Gasteiger partial charge in [-0.2, -0.15) is 0 Å². The van der Waals surface area contributed by atoms with Gasteiger partial charge in [0.25, 0.3) is 0 Å². The Bertz CT molecular complexity index is 625. The van der Waals surface area contributed by atoms with E-state index < -0.39 is 17.7 Å². The molecule has 1 heterocycles. The van der Waals surface area contributed by atoms with Crippen LogP contribution in [0.3, 0.4) is 0 Å². The normalized spacial score (nSPS) is 16.7. The first kappa shape index (κ1) is 18.4. The van der Waals surface area contributed by atoms with E-state index >= 15 is 0 Å². The standard InChI is InChI=1S/C17H24N2O4S/c1-17(2,3)23-16(22)19-15-18-13(10-24-15)12(14(20)21)9-11-7-5-4-6-8-11/h9-11H,4-8H2,1-3H3,(H,20,21)(H,18,19,22)/b12-9-. The van der Waals surface area contributed by atoms with E-state index in [1.807, 2.05) is 6.08 Å². The Morgan fingerprint density at radius 2 is 2.00 bits per heavy atom. The van der Waals surface area contributed by atoms with Gasteiger partial charge in [-0.1, -0.05) is 25.3 Å². The van der Waals surface area contributed by atoms with Gasteiger partial charge in [0.2, 0.25) is 0 Å². The van der Waals surface area contributed by atoms with E-state index in [9.17, 15) is 14.7 Å². The molecule has 2 N–H and O–H groups in total. The second-order valence-electron chi connectivity index (χ2n) is 6.95. The van der Waals surface area contributed by atoms with Gasteiger partial charge in [-0.05, 0) is 39.5 Å². The molecule has 24 heavy (non-hydrogen) atoms. The molecule has 0 atom stereocenters. The maximum atomic E-state index is 11.8. The molecule has 0 radical (unpaired) electrons. The van der Waals surface area contributed by atoms with E-state index in [2.05, 4.69) is 10.3 Å². The lowest BCUT2D eigenvalue weighted by Crippen LogP contribution is -2.27. The van der Waals surface area contributed by atoms with E-state index in [1.165, 1.54) is 17.8 Å². The largest absolute Gasteiger partial charge is 0.478 e. The second kappa shape index (κ2) is 7.79. The molecule has 6 nitrogen and oxygen atoms in total. The van der Waals surface area contributed by atoms with Crippen LogP contribution in [0.2, 0.25) is 0 Å². The highest BCUT2D eigenvalue weighted by atomic mass is 32.1. The van der Waals surface area contributed by atoms with Crippen molar-refractivity contribution in [2.45, 2.75) is 58.5 Å². The minimum Gasteiger partial charge on any atom is -0.478 e. The molecule has 1 fully saturated rings. The van der Waals surface area contributed by atoms with Crippen LogP contribution in [0.1, 0.15) is 58.6 Å². The van der Waals surface area contributed by atoms with Gasteiger partial charge in [0, 0.05) is 5.38 Å². The molecule has 1 saturated carbocycles. The topological polar surface area (TPSA) is 88.5 Å². The SMILES string of the molecule is CC(C)(C)OC(=O)Nc1nc(/C(=C/C2CCCCC2)C(=O)O)cs1. The Balaban J connectivity index is 2.09. The summed E-state index contributed by atoms with van der Waals surface area (Å²) in [5.74, 6) is -0.705. The summed E-state index contributed by atoms with van der Waals surface area (Å²) in [6.45, 7) is 5.32. The van der Waals surface area contributed by atoms with Gasteiger partial charge < -0.3 is 9.84 Å². The van der Waals surface area contributed by atoms with Crippen LogP contribution in [0.5, 0.6) is 0 Å². The van der Waals surface area contributed by atoms with E-state index in [0.717, 1.165) is 25.7 Å². The molecular formula is C17H24N2O4S. The number of aromatic nitrogens is 1. The number of carbonyl (C=O) groups excluding carboxylic acids is 1. The molecule has 0 bridgehead atoms. The molecule has 0 saturated heterocycles. The number of carboxylic acid groups (broad SMARTS) is 1. The number of nitrogens with zero attached hydrogens (tertiary/aromatic N) is 1. The van der Waals surface area contributed by atoms with Gasteiger partial charge in [-0.15, -0.1) is 11.3 Å². The summed E-state index contributed by atoms with van der Waals surface area (Å²) >= 11 is 1.18. The fraction of sp³-hybridized carbons (Fsp3) is 0.588. The van der Waals surface area contributed by atoms with E-state index in [0.29, 0.717) is 10.8 Å². The van der Waals surface area contributed by atoms with Crippen LogP contribution in [0.15, 0.2) is 11.5 Å². The third-order valence-corrected chi connectivity index (χ3v) is 4.43. The highest BCUT2D eigenvalue weighted by molar-refractivity contribution is 7.14. The Kier molecular flexibility index (Phi) is 5.99. The van der Waals surface area contributed by atoms with Crippen molar-refractivity contribution in [2.24, 2.45) is 5.92 Å². The minimum atomic E-state index is -0.991. The highest BCUT2D eigenvalue weighted by Crippen LogP contribution is 2.29. The zero-order chi connectivity index (χ0) is 17.7. The minimum absolute atomic E-state index is 0.204. The Hall–Kier alpha value is -1.89. The maximum absolute atomic E-state index is 11.8. The molecule has 1 aromatic heterocycles. The molecule has 0 aliphatic heterocycles. The Morgan fingerprint density at radius 1 is 1.33 bits per heavy atom. The predicted molar refractivity (Wildman–Crippen MR) is 94.2 cm³/mol. The quantitative estimate of drug-likeness (QED) is 0.777. The lowest BCUT2D eigenvalue weighted by Gasteiger charge is -2.19. The number of carboxylic acids is 1. The van der Waals surface area contributed by atoms with Crippen molar-refractivity contribution in [1.29, 1.82) is 0 Å². The average Bonchev–Trinajstić information content (AvgIpc) is 2.91. The van der Waals surface area contributed by atoms with Crippen LogP contribution < -0.4 is 5.32 Å². The number of rotatable bonds is 4. The molecule has 1 aliphatic rings. The maximum Gasteiger partial charge on any atom is 0.413 e. The first-order chi connectivity index (χ1) is 11.2. The van der Waals surface area contributed by atoms with Gasteiger partial charge in [0.1, 0.15) is 5.60 Å². The molecule has 1 aliphatic carbocycles. The number of hydrogen-bond acceptors (Lipinski definition) is 5. The molecule has 7 heteroatoms. The molecule has 0 spiro atoms. The Labute approximate surface area is 145 Å². The van der Waals surface area contributed by atoms with Gasteiger partial charge in [0.15, 0.2) is 5.13 Å². The number of allylic oxidation sites excluding steroid dienone is 1. The highest BCUT2D eigenvalue weighted by Gasteiger charge is 2.21. The number of amides is 1. The summed E-state index contributed by atoms with van der Waals surface area (Å²) in [4.78, 5) is 27.6. The summed E-state index contributed by atoms with van der Waals surface area (Å²) in [5.41, 5.74) is -0.0170. The number of aliphatic carboxylic acids is 1. The van der Waals surface area contributed by atoms with Crippen LogP contribution in [-0.4, -0.2) is 27.8 Å². The number of carbonyl (C=O) groups is 2. The molecule has 132 valence electrons. The number of hydrogen-bond donors (Lipinski definition) is 2. The monoisotopic (exact) mass is 352 g/mol. The van der Waals surface area contributed by atoms with Gasteiger partial charge in [0.05, 0.1) is 11.3 Å². The molecule has 0 aromatic carbocycles. The fourth-order valence-corrected chi connectivity index (χ4v) is 3.34. The second-order valence-corrected chi connectivity index (χ2v) is 7.81. The zero-order valence-corrected chi connectivity index (χ0v) is 15.1. The van der Waals surface area contributed by atoms with Gasteiger partial charge in [-0.25, -0.2) is 14.6 Å². The molecule has 0 unspecified atom stereocenters. The van der Waals surface area contributed by atoms with Crippen molar-refractivity contribution < 1.29 is 19.4 Å². The number of thiazole rings is 1. The van der Waals surface area contributed by atoms with Crippen molar-refractivity contribution >= 4 is 34.1 Å². The molecule has 1 amide bonds. The van der Waals surface area contributed by atoms with Crippen LogP contribution >= 0.6 is 11.3 Å². The van der Waals surface area contributed by atoms with Crippen molar-refractivity contribution in [3.8, 4) is 0 Å².